The third-order valence-electron chi connectivity index (χ3n) is 8.08. The van der Waals surface area contributed by atoms with Crippen LogP contribution >= 0.6 is 0 Å². The van der Waals surface area contributed by atoms with Crippen LogP contribution in [-0.2, 0) is 16.6 Å². The lowest BCUT2D eigenvalue weighted by atomic mass is 9.64. The molecule has 8 nitrogen and oxygen atoms in total. The minimum absolute atomic E-state index is 0.156. The molecule has 0 aliphatic heterocycles. The van der Waals surface area contributed by atoms with Gasteiger partial charge in [0.25, 0.3) is 0 Å². The molecule has 0 saturated heterocycles. The quantitative estimate of drug-likeness (QED) is 0.426. The average molecular weight is 495 g/mol. The van der Waals surface area contributed by atoms with E-state index in [0.29, 0.717) is 29.8 Å². The van der Waals surface area contributed by atoms with Crippen LogP contribution in [0.2, 0.25) is 0 Å². The molecule has 36 heavy (non-hydrogen) atoms. The lowest BCUT2D eigenvalue weighted by molar-refractivity contribution is -0.128. The number of hydrogen-bond donors (Lipinski definition) is 0. The fraction of sp³-hybridized carbons (Fsp3) is 0.679. The molecule has 8 heteroatoms. The molecular formula is C28H42N6O2. The summed E-state index contributed by atoms with van der Waals surface area (Å²) < 4.78 is 7.97. The molecule has 3 atom stereocenters. The Morgan fingerprint density at radius 3 is 2.61 bits per heavy atom. The predicted octanol–water partition coefficient (Wildman–Crippen LogP) is 5.82. The van der Waals surface area contributed by atoms with Crippen molar-refractivity contribution in [1.82, 2.24) is 29.8 Å². The fourth-order valence-electron chi connectivity index (χ4n) is 6.22. The molecule has 0 radical (unpaired) electrons. The van der Waals surface area contributed by atoms with Gasteiger partial charge in [-0.3, -0.25) is 4.79 Å². The van der Waals surface area contributed by atoms with Gasteiger partial charge in [0.1, 0.15) is 5.78 Å². The van der Waals surface area contributed by atoms with Crippen LogP contribution in [0.4, 0.5) is 0 Å². The van der Waals surface area contributed by atoms with Crippen LogP contribution in [0.25, 0.3) is 22.6 Å². The number of ketones is 1. The van der Waals surface area contributed by atoms with Gasteiger partial charge >= 0.3 is 0 Å². The molecule has 1 spiro atoms. The first-order valence-electron chi connectivity index (χ1n) is 13.8. The number of rotatable bonds is 6. The Labute approximate surface area is 214 Å². The summed E-state index contributed by atoms with van der Waals surface area (Å²) in [6.07, 6.45) is 10.3. The van der Waals surface area contributed by atoms with E-state index >= 15 is 0 Å². The topological polar surface area (TPSA) is 89.9 Å². The molecule has 2 aliphatic carbocycles. The lowest BCUT2D eigenvalue weighted by Gasteiger charge is -2.36. The minimum Gasteiger partial charge on any atom is -0.359 e. The number of aryl methyl sites for hydroxylation is 1. The Kier molecular flexibility index (Phi) is 7.93. The van der Waals surface area contributed by atoms with Crippen LogP contribution < -0.4 is 0 Å². The first-order valence-corrected chi connectivity index (χ1v) is 13.8. The van der Waals surface area contributed by atoms with Crippen molar-refractivity contribution >= 4 is 16.8 Å². The van der Waals surface area contributed by atoms with Gasteiger partial charge in [0.05, 0.1) is 22.5 Å². The van der Waals surface area contributed by atoms with E-state index in [4.69, 9.17) is 14.6 Å². The molecule has 0 amide bonds. The summed E-state index contributed by atoms with van der Waals surface area (Å²) in [6, 6.07) is 0.506. The molecule has 5 rings (SSSR count). The minimum atomic E-state index is -0.493. The molecule has 1 fully saturated rings. The fourth-order valence-corrected chi connectivity index (χ4v) is 6.22. The number of nitrogens with zero attached hydrogens (tertiary/aromatic N) is 6. The van der Waals surface area contributed by atoms with Crippen molar-refractivity contribution in [3.05, 3.63) is 23.2 Å². The molecule has 0 unspecified atom stereocenters. The van der Waals surface area contributed by atoms with Crippen LogP contribution in [0.5, 0.6) is 0 Å². The van der Waals surface area contributed by atoms with E-state index in [1.807, 2.05) is 27.0 Å². The highest BCUT2D eigenvalue weighted by Gasteiger charge is 2.48. The Balaban J connectivity index is 0.00000148. The number of aromatic nitrogens is 5. The van der Waals surface area contributed by atoms with E-state index in [0.717, 1.165) is 79.4 Å². The highest BCUT2D eigenvalue weighted by atomic mass is 16.5. The zero-order valence-corrected chi connectivity index (χ0v) is 23.1. The SMILES string of the molecule is CC.CCC[C@@H]([C@H](C)n1nc(C)c2cnc(-c3noc4c3CCC[C@@]43CCCCC3=O)nc21)N(C)C. The first kappa shape index (κ1) is 26.5. The monoisotopic (exact) mass is 494 g/mol. The molecule has 0 bridgehead atoms. The number of fused-ring (bicyclic) bond motifs is 3. The third-order valence-corrected chi connectivity index (χ3v) is 8.08. The molecule has 3 aromatic rings. The van der Waals surface area contributed by atoms with E-state index in [1.54, 1.807) is 0 Å². The van der Waals surface area contributed by atoms with Gasteiger partial charge in [-0.05, 0) is 66.5 Å². The summed E-state index contributed by atoms with van der Waals surface area (Å²) in [4.78, 5) is 24.9. The highest BCUT2D eigenvalue weighted by molar-refractivity contribution is 5.91. The van der Waals surface area contributed by atoms with E-state index in [2.05, 4.69) is 47.7 Å². The van der Waals surface area contributed by atoms with Crippen LogP contribution in [-0.4, -0.2) is 55.7 Å². The van der Waals surface area contributed by atoms with Crippen molar-refractivity contribution < 1.29 is 9.32 Å². The van der Waals surface area contributed by atoms with Crippen LogP contribution in [0.3, 0.4) is 0 Å². The maximum Gasteiger partial charge on any atom is 0.184 e. The van der Waals surface area contributed by atoms with Crippen molar-refractivity contribution in [1.29, 1.82) is 0 Å². The van der Waals surface area contributed by atoms with Crippen LogP contribution in [0, 0.1) is 6.92 Å². The first-order chi connectivity index (χ1) is 17.4. The Bertz CT molecular complexity index is 1210. The summed E-state index contributed by atoms with van der Waals surface area (Å²) in [7, 11) is 4.25. The summed E-state index contributed by atoms with van der Waals surface area (Å²) in [5, 5.41) is 10.3. The summed E-state index contributed by atoms with van der Waals surface area (Å²) in [5.74, 6) is 1.64. The summed E-state index contributed by atoms with van der Waals surface area (Å²) in [5.41, 5.74) is 2.97. The zero-order chi connectivity index (χ0) is 26.0. The summed E-state index contributed by atoms with van der Waals surface area (Å²) >= 11 is 0. The smallest absolute Gasteiger partial charge is 0.184 e. The molecule has 1 saturated carbocycles. The largest absolute Gasteiger partial charge is 0.359 e. The second-order valence-electron chi connectivity index (χ2n) is 10.4. The van der Waals surface area contributed by atoms with Crippen LogP contribution in [0.1, 0.15) is 102 Å². The van der Waals surface area contributed by atoms with Crippen molar-refractivity contribution in [2.24, 2.45) is 0 Å². The van der Waals surface area contributed by atoms with Gasteiger partial charge in [0.2, 0.25) is 0 Å². The lowest BCUT2D eigenvalue weighted by Crippen LogP contribution is -2.41. The Morgan fingerprint density at radius 1 is 1.17 bits per heavy atom. The van der Waals surface area contributed by atoms with Gasteiger partial charge in [0.15, 0.2) is 22.9 Å². The maximum atomic E-state index is 13.0. The van der Waals surface area contributed by atoms with E-state index < -0.39 is 5.41 Å². The van der Waals surface area contributed by atoms with Gasteiger partial charge < -0.3 is 9.42 Å². The predicted molar refractivity (Wildman–Crippen MR) is 142 cm³/mol. The molecule has 2 aliphatic rings. The number of hydrogen-bond acceptors (Lipinski definition) is 7. The number of likely N-dealkylation sites (N-methyl/N-ethyl adjacent to an activating group) is 1. The van der Waals surface area contributed by atoms with Crippen molar-refractivity contribution in [2.45, 2.75) is 110 Å². The molecule has 0 N–H and O–H groups in total. The molecular weight excluding hydrogens is 452 g/mol. The zero-order valence-electron chi connectivity index (χ0n) is 23.1. The molecule has 196 valence electrons. The maximum absolute atomic E-state index is 13.0. The average Bonchev–Trinajstić information content (AvgIpc) is 3.47. The van der Waals surface area contributed by atoms with E-state index in [-0.39, 0.29) is 6.04 Å². The van der Waals surface area contributed by atoms with Gasteiger partial charge in [-0.2, -0.15) is 5.10 Å². The van der Waals surface area contributed by atoms with Gasteiger partial charge in [-0.15, -0.1) is 0 Å². The number of carbonyl (C=O) groups is 1. The van der Waals surface area contributed by atoms with Crippen molar-refractivity contribution in [3.8, 4) is 11.5 Å². The van der Waals surface area contributed by atoms with Gasteiger partial charge in [-0.25, -0.2) is 14.6 Å². The second-order valence-corrected chi connectivity index (χ2v) is 10.4. The molecule has 3 aromatic heterocycles. The standard InChI is InChI=1S/C26H36N6O2.C2H6/c1-6-10-20(31(4)5)17(3)32-25-19(16(2)29-32)15-27-24(28-25)22-18-11-9-14-26(23(18)34-30-22)13-8-7-12-21(26)33;1-2/h15,17,20H,6-14H2,1-5H3;1-2H3/t17-,20-,26+;/m0./s1. The Morgan fingerprint density at radius 2 is 1.92 bits per heavy atom. The van der Waals surface area contributed by atoms with Gasteiger partial charge in [-0.1, -0.05) is 38.8 Å². The number of Topliss-reactive ketones (excluding diaryl/α,β-unsaturated/α-hetero) is 1. The molecule has 3 heterocycles. The Hall–Kier alpha value is -2.61. The third kappa shape index (κ3) is 4.38. The number of carbonyl (C=O) groups excluding carboxylic acids is 1. The van der Waals surface area contributed by atoms with Crippen molar-refractivity contribution in [3.63, 3.8) is 0 Å². The van der Waals surface area contributed by atoms with E-state index in [1.165, 1.54) is 0 Å². The van der Waals surface area contributed by atoms with Crippen LogP contribution in [0.15, 0.2) is 10.7 Å². The molecule has 0 aromatic carbocycles. The highest BCUT2D eigenvalue weighted by Crippen LogP contribution is 2.47. The summed E-state index contributed by atoms with van der Waals surface area (Å²) in [6.45, 7) is 10.4. The van der Waals surface area contributed by atoms with Gasteiger partial charge in [0, 0.05) is 24.2 Å². The van der Waals surface area contributed by atoms with E-state index in [9.17, 15) is 4.79 Å². The second kappa shape index (κ2) is 10.8. The van der Waals surface area contributed by atoms with Crippen molar-refractivity contribution in [2.75, 3.05) is 14.1 Å². The normalized spacial score (nSPS) is 21.4.